The molecule has 8 nitrogen and oxygen atoms in total. The topological polar surface area (TPSA) is 110 Å². The first-order chi connectivity index (χ1) is 18.9. The van der Waals surface area contributed by atoms with E-state index in [4.69, 9.17) is 14.6 Å². The third-order valence-electron chi connectivity index (χ3n) is 10.0. The van der Waals surface area contributed by atoms with Gasteiger partial charge in [0.15, 0.2) is 5.13 Å². The summed E-state index contributed by atoms with van der Waals surface area (Å²) >= 11 is 1.42. The molecule has 3 saturated carbocycles. The number of hydrogen-bond acceptors (Lipinski definition) is 7. The van der Waals surface area contributed by atoms with Crippen molar-refractivity contribution in [3.05, 3.63) is 11.6 Å². The Morgan fingerprint density at radius 2 is 1.90 bits per heavy atom. The standard InChI is InChI=1S/C29H44FN3O5S/c1-37-25-13-19-8-9-31-16-23(28(36)33-29-32-10-11-39-29)22(19)15-26(25)38-20-6-7-21(24(30)14-20)18-4-2-17(3-5-18)12-27(34)35/h10-11,17-26,31H,2-9,12-16H2,1H3,(H,34,35)(H,32,33,36). The monoisotopic (exact) mass is 565 g/mol. The van der Waals surface area contributed by atoms with Gasteiger partial charge in [0.05, 0.1) is 24.2 Å². The molecule has 1 amide bonds. The van der Waals surface area contributed by atoms with Crippen LogP contribution < -0.4 is 10.6 Å². The third kappa shape index (κ3) is 7.18. The van der Waals surface area contributed by atoms with E-state index in [0.717, 1.165) is 64.3 Å². The Kier molecular flexibility index (Phi) is 9.90. The van der Waals surface area contributed by atoms with E-state index in [-0.39, 0.29) is 54.3 Å². The van der Waals surface area contributed by atoms with Crippen LogP contribution in [0.2, 0.25) is 0 Å². The van der Waals surface area contributed by atoms with E-state index in [1.54, 1.807) is 13.3 Å². The number of anilines is 1. The fourth-order valence-electron chi connectivity index (χ4n) is 7.99. The van der Waals surface area contributed by atoms with E-state index in [1.165, 1.54) is 11.3 Å². The van der Waals surface area contributed by atoms with Gasteiger partial charge in [-0.25, -0.2) is 9.37 Å². The minimum absolute atomic E-state index is 0.00590. The Morgan fingerprint density at radius 3 is 2.59 bits per heavy atom. The zero-order chi connectivity index (χ0) is 27.4. The zero-order valence-electron chi connectivity index (χ0n) is 22.9. The Hall–Kier alpha value is -1.62. The number of carboxylic acid groups (broad SMARTS) is 1. The van der Waals surface area contributed by atoms with Crippen molar-refractivity contribution in [3.63, 3.8) is 0 Å². The van der Waals surface area contributed by atoms with E-state index in [0.29, 0.717) is 29.9 Å². The van der Waals surface area contributed by atoms with Crippen molar-refractivity contribution in [1.29, 1.82) is 0 Å². The van der Waals surface area contributed by atoms with E-state index in [1.807, 2.05) is 5.38 Å². The smallest absolute Gasteiger partial charge is 0.303 e. The van der Waals surface area contributed by atoms with Gasteiger partial charge in [0.1, 0.15) is 6.17 Å². The minimum atomic E-state index is -0.888. The summed E-state index contributed by atoms with van der Waals surface area (Å²) in [6.07, 6.45) is 9.04. The second kappa shape index (κ2) is 13.4. The van der Waals surface area contributed by atoms with Crippen LogP contribution in [0.3, 0.4) is 0 Å². The largest absolute Gasteiger partial charge is 0.481 e. The number of nitrogens with one attached hydrogen (secondary N) is 2. The molecular formula is C29H44FN3O5S. The maximum Gasteiger partial charge on any atom is 0.303 e. The summed E-state index contributed by atoms with van der Waals surface area (Å²) in [4.78, 5) is 28.6. The molecular weight excluding hydrogens is 521 g/mol. The number of carboxylic acids is 1. The molecule has 3 aliphatic carbocycles. The van der Waals surface area contributed by atoms with Crippen LogP contribution in [0.4, 0.5) is 9.52 Å². The fourth-order valence-corrected chi connectivity index (χ4v) is 8.52. The number of amides is 1. The predicted octanol–water partition coefficient (Wildman–Crippen LogP) is 4.91. The molecule has 2 heterocycles. The predicted molar refractivity (Wildman–Crippen MR) is 147 cm³/mol. The van der Waals surface area contributed by atoms with Gasteiger partial charge in [0.25, 0.3) is 0 Å². The number of halogens is 1. The van der Waals surface area contributed by atoms with Crippen LogP contribution in [0, 0.1) is 35.5 Å². The first-order valence-electron chi connectivity index (χ1n) is 14.9. The lowest BCUT2D eigenvalue weighted by molar-refractivity contribution is -0.152. The molecule has 3 N–H and O–H groups in total. The van der Waals surface area contributed by atoms with Crippen molar-refractivity contribution in [2.45, 2.75) is 95.1 Å². The number of rotatable bonds is 8. The van der Waals surface area contributed by atoms with Gasteiger partial charge in [-0.3, -0.25) is 9.59 Å². The van der Waals surface area contributed by atoms with Crippen molar-refractivity contribution in [2.24, 2.45) is 35.5 Å². The molecule has 0 aromatic carbocycles. The summed E-state index contributed by atoms with van der Waals surface area (Å²) in [6.45, 7) is 1.52. The molecule has 39 heavy (non-hydrogen) atoms. The van der Waals surface area contributed by atoms with Crippen molar-refractivity contribution in [1.82, 2.24) is 10.3 Å². The number of thiazole rings is 1. The molecule has 0 bridgehead atoms. The lowest BCUT2D eigenvalue weighted by atomic mass is 9.68. The molecule has 5 rings (SSSR count). The molecule has 0 spiro atoms. The summed E-state index contributed by atoms with van der Waals surface area (Å²) in [5.74, 6) is 0.295. The molecule has 1 saturated heterocycles. The molecule has 1 aliphatic heterocycles. The molecule has 8 unspecified atom stereocenters. The van der Waals surface area contributed by atoms with Gasteiger partial charge in [-0.15, -0.1) is 11.3 Å². The number of ether oxygens (including phenoxy) is 2. The SMILES string of the molecule is COC1CC2CCNCC(C(=O)Nc3nccs3)C2CC1OC1CCC(C2CCC(CC(=O)O)CC2)C(F)C1. The number of carbonyl (C=O) groups is 2. The van der Waals surface area contributed by atoms with Gasteiger partial charge in [-0.2, -0.15) is 0 Å². The molecule has 0 radical (unpaired) electrons. The summed E-state index contributed by atoms with van der Waals surface area (Å²) < 4.78 is 28.1. The molecule has 4 fully saturated rings. The molecule has 1 aromatic heterocycles. The van der Waals surface area contributed by atoms with Crippen molar-refractivity contribution >= 4 is 28.3 Å². The number of fused-ring (bicyclic) bond motifs is 1. The highest BCUT2D eigenvalue weighted by molar-refractivity contribution is 7.13. The average molecular weight is 566 g/mol. The Bertz CT molecular complexity index is 943. The maximum absolute atomic E-state index is 15.5. The molecule has 8 atom stereocenters. The van der Waals surface area contributed by atoms with Crippen molar-refractivity contribution in [3.8, 4) is 0 Å². The number of carbonyl (C=O) groups excluding carboxylic acids is 1. The van der Waals surface area contributed by atoms with E-state index in [2.05, 4.69) is 15.6 Å². The number of aromatic nitrogens is 1. The molecule has 218 valence electrons. The van der Waals surface area contributed by atoms with Gasteiger partial charge in [0.2, 0.25) is 5.91 Å². The van der Waals surface area contributed by atoms with Crippen LogP contribution in [-0.2, 0) is 19.1 Å². The van der Waals surface area contributed by atoms with Gasteiger partial charge in [-0.1, -0.05) is 0 Å². The average Bonchev–Trinajstić information content (AvgIpc) is 3.33. The van der Waals surface area contributed by atoms with E-state index >= 15 is 4.39 Å². The summed E-state index contributed by atoms with van der Waals surface area (Å²) in [6, 6.07) is 0. The van der Waals surface area contributed by atoms with E-state index in [9.17, 15) is 9.59 Å². The minimum Gasteiger partial charge on any atom is -0.481 e. The zero-order valence-corrected chi connectivity index (χ0v) is 23.8. The second-order valence-corrected chi connectivity index (χ2v) is 13.2. The van der Waals surface area contributed by atoms with Gasteiger partial charge in [-0.05, 0) is 93.9 Å². The Labute approximate surface area is 234 Å². The van der Waals surface area contributed by atoms with Crippen molar-refractivity contribution in [2.75, 3.05) is 25.5 Å². The third-order valence-corrected chi connectivity index (χ3v) is 10.7. The second-order valence-electron chi connectivity index (χ2n) is 12.3. The maximum atomic E-state index is 15.5. The van der Waals surface area contributed by atoms with Crippen molar-refractivity contribution < 1.29 is 28.6 Å². The first-order valence-corrected chi connectivity index (χ1v) is 15.7. The van der Waals surface area contributed by atoms with Crippen LogP contribution in [-0.4, -0.2) is 66.6 Å². The lowest BCUT2D eigenvalue weighted by Crippen LogP contribution is -2.48. The number of hydrogen-bond donors (Lipinski definition) is 3. The number of aliphatic carboxylic acids is 1. The fraction of sp³-hybridized carbons (Fsp3) is 0.828. The lowest BCUT2D eigenvalue weighted by Gasteiger charge is -2.45. The summed E-state index contributed by atoms with van der Waals surface area (Å²) in [5, 5.41) is 18.0. The normalized spacial score (nSPS) is 39.3. The first kappa shape index (κ1) is 28.9. The van der Waals surface area contributed by atoms with Gasteiger partial charge < -0.3 is 25.2 Å². The summed E-state index contributed by atoms with van der Waals surface area (Å²) in [7, 11) is 1.73. The summed E-state index contributed by atoms with van der Waals surface area (Å²) in [5.41, 5.74) is 0. The van der Waals surface area contributed by atoms with Crippen LogP contribution in [0.1, 0.15) is 70.6 Å². The molecule has 4 aliphatic rings. The highest BCUT2D eigenvalue weighted by atomic mass is 32.1. The van der Waals surface area contributed by atoms with Crippen LogP contribution in [0.15, 0.2) is 11.6 Å². The van der Waals surface area contributed by atoms with Gasteiger partial charge in [0, 0.05) is 38.1 Å². The Morgan fingerprint density at radius 1 is 1.08 bits per heavy atom. The number of alkyl halides is 1. The Balaban J connectivity index is 1.17. The number of nitrogens with zero attached hydrogens (tertiary/aromatic N) is 1. The number of methoxy groups -OCH3 is 1. The van der Waals surface area contributed by atoms with Crippen LogP contribution >= 0.6 is 11.3 Å². The molecule has 1 aromatic rings. The highest BCUT2D eigenvalue weighted by Crippen LogP contribution is 2.45. The molecule has 10 heteroatoms. The van der Waals surface area contributed by atoms with E-state index < -0.39 is 12.1 Å². The quantitative estimate of drug-likeness (QED) is 0.411. The van der Waals surface area contributed by atoms with Crippen LogP contribution in [0.25, 0.3) is 0 Å². The highest BCUT2D eigenvalue weighted by Gasteiger charge is 2.46. The van der Waals surface area contributed by atoms with Gasteiger partial charge >= 0.3 is 5.97 Å². The van der Waals surface area contributed by atoms with Crippen LogP contribution in [0.5, 0.6) is 0 Å².